The third kappa shape index (κ3) is 4.35. The summed E-state index contributed by atoms with van der Waals surface area (Å²) < 4.78 is 5.79. The van der Waals surface area contributed by atoms with E-state index >= 15 is 0 Å². The molecule has 1 N–H and O–H groups in total. The van der Waals surface area contributed by atoms with Crippen LogP contribution in [0.3, 0.4) is 0 Å². The van der Waals surface area contributed by atoms with Crippen LogP contribution < -0.4 is 10.1 Å². The maximum atomic E-state index is 5.79. The lowest BCUT2D eigenvalue weighted by Crippen LogP contribution is -2.07. The predicted molar refractivity (Wildman–Crippen MR) is 94.4 cm³/mol. The molecule has 2 heteroatoms. The Kier molecular flexibility index (Phi) is 6.02. The number of hydrogen-bond acceptors (Lipinski definition) is 2. The second-order valence-corrected chi connectivity index (χ2v) is 6.08. The quantitative estimate of drug-likeness (QED) is 0.802. The summed E-state index contributed by atoms with van der Waals surface area (Å²) in [5.74, 6) is 1.66. The molecule has 0 aliphatic rings. The van der Waals surface area contributed by atoms with Gasteiger partial charge in [0, 0.05) is 12.1 Å². The van der Waals surface area contributed by atoms with Gasteiger partial charge < -0.3 is 10.1 Å². The highest BCUT2D eigenvalue weighted by Gasteiger charge is 2.06. The molecule has 0 saturated carbocycles. The number of benzene rings is 2. The summed E-state index contributed by atoms with van der Waals surface area (Å²) in [5, 5.41) is 3.19. The monoisotopic (exact) mass is 297 g/mol. The lowest BCUT2D eigenvalue weighted by molar-refractivity contribution is 0.336. The molecule has 0 aromatic heterocycles. The van der Waals surface area contributed by atoms with Gasteiger partial charge in [0.15, 0.2) is 0 Å². The van der Waals surface area contributed by atoms with Crippen molar-refractivity contribution in [3.8, 4) is 16.9 Å². The van der Waals surface area contributed by atoms with Crippen molar-refractivity contribution in [2.75, 3.05) is 13.7 Å². The second kappa shape index (κ2) is 8.00. The van der Waals surface area contributed by atoms with Crippen molar-refractivity contribution in [1.29, 1.82) is 0 Å². The highest BCUT2D eigenvalue weighted by atomic mass is 16.5. The summed E-state index contributed by atoms with van der Waals surface area (Å²) >= 11 is 0. The van der Waals surface area contributed by atoms with Crippen molar-refractivity contribution >= 4 is 0 Å². The van der Waals surface area contributed by atoms with Crippen LogP contribution in [-0.2, 0) is 13.0 Å². The molecule has 0 heterocycles. The smallest absolute Gasteiger partial charge is 0.124 e. The Balaban J connectivity index is 2.26. The van der Waals surface area contributed by atoms with Crippen LogP contribution >= 0.6 is 0 Å². The summed E-state index contributed by atoms with van der Waals surface area (Å²) in [6.45, 7) is 8.04. The van der Waals surface area contributed by atoms with Crippen molar-refractivity contribution in [3.63, 3.8) is 0 Å². The Morgan fingerprint density at radius 3 is 2.27 bits per heavy atom. The second-order valence-electron chi connectivity index (χ2n) is 6.08. The first-order chi connectivity index (χ1) is 10.6. The molecular formula is C20H27NO. The first-order valence-electron chi connectivity index (χ1n) is 8.13. The Bertz CT molecular complexity index is 587. The van der Waals surface area contributed by atoms with Crippen LogP contribution in [0.2, 0.25) is 0 Å². The molecule has 2 nitrogen and oxygen atoms in total. The Morgan fingerprint density at radius 1 is 1.00 bits per heavy atom. The van der Waals surface area contributed by atoms with Gasteiger partial charge in [0.05, 0.1) is 6.61 Å². The van der Waals surface area contributed by atoms with Gasteiger partial charge in [0.1, 0.15) is 5.75 Å². The average molecular weight is 297 g/mol. The van der Waals surface area contributed by atoms with Gasteiger partial charge in [-0.3, -0.25) is 0 Å². The number of nitrogens with one attached hydrogen (secondary N) is 1. The van der Waals surface area contributed by atoms with Crippen LogP contribution in [0.25, 0.3) is 11.1 Å². The summed E-state index contributed by atoms with van der Waals surface area (Å²) in [6, 6.07) is 15.4. The molecule has 0 saturated heterocycles. The standard InChI is InChI=1S/C20H27NO/c1-5-22-20-13-18(10-11-19(20)14-21-4)17-8-6-16(7-9-17)12-15(2)3/h6-11,13,15,21H,5,12,14H2,1-4H3. The highest BCUT2D eigenvalue weighted by Crippen LogP contribution is 2.28. The van der Waals surface area contributed by atoms with E-state index in [9.17, 15) is 0 Å². The minimum Gasteiger partial charge on any atom is -0.494 e. The van der Waals surface area contributed by atoms with E-state index in [0.717, 1.165) is 18.7 Å². The van der Waals surface area contributed by atoms with E-state index in [1.54, 1.807) is 0 Å². The van der Waals surface area contributed by atoms with Gasteiger partial charge in [-0.05, 0) is 49.1 Å². The summed E-state index contributed by atoms with van der Waals surface area (Å²) in [7, 11) is 1.96. The van der Waals surface area contributed by atoms with Gasteiger partial charge in [-0.25, -0.2) is 0 Å². The number of rotatable bonds is 7. The maximum absolute atomic E-state index is 5.79. The Morgan fingerprint density at radius 2 is 1.68 bits per heavy atom. The molecule has 22 heavy (non-hydrogen) atoms. The van der Waals surface area contributed by atoms with Crippen molar-refractivity contribution < 1.29 is 4.74 Å². The van der Waals surface area contributed by atoms with Crippen molar-refractivity contribution in [1.82, 2.24) is 5.32 Å². The van der Waals surface area contributed by atoms with Crippen molar-refractivity contribution in [3.05, 3.63) is 53.6 Å². The van der Waals surface area contributed by atoms with Crippen LogP contribution in [0.4, 0.5) is 0 Å². The zero-order chi connectivity index (χ0) is 15.9. The molecule has 118 valence electrons. The molecular weight excluding hydrogens is 270 g/mol. The lowest BCUT2D eigenvalue weighted by atomic mass is 9.98. The van der Waals surface area contributed by atoms with Gasteiger partial charge in [0.2, 0.25) is 0 Å². The fraction of sp³-hybridized carbons (Fsp3) is 0.400. The number of ether oxygens (including phenoxy) is 1. The first-order valence-corrected chi connectivity index (χ1v) is 8.13. The van der Waals surface area contributed by atoms with E-state index in [1.165, 1.54) is 22.3 Å². The van der Waals surface area contributed by atoms with Gasteiger partial charge in [-0.1, -0.05) is 50.2 Å². The van der Waals surface area contributed by atoms with Crippen molar-refractivity contribution in [2.24, 2.45) is 5.92 Å². The third-order valence-corrected chi connectivity index (χ3v) is 3.67. The predicted octanol–water partition coefficient (Wildman–Crippen LogP) is 4.67. The molecule has 2 aromatic carbocycles. The van der Waals surface area contributed by atoms with Crippen molar-refractivity contribution in [2.45, 2.75) is 33.7 Å². The molecule has 0 aliphatic heterocycles. The van der Waals surface area contributed by atoms with Crippen LogP contribution in [-0.4, -0.2) is 13.7 Å². The molecule has 0 atom stereocenters. The van der Waals surface area contributed by atoms with E-state index in [0.29, 0.717) is 12.5 Å². The average Bonchev–Trinajstić information content (AvgIpc) is 2.50. The molecule has 0 amide bonds. The van der Waals surface area contributed by atoms with E-state index in [2.05, 4.69) is 61.6 Å². The molecule has 0 radical (unpaired) electrons. The molecule has 2 rings (SSSR count). The first kappa shape index (κ1) is 16.6. The lowest BCUT2D eigenvalue weighted by Gasteiger charge is -2.13. The fourth-order valence-electron chi connectivity index (χ4n) is 2.67. The summed E-state index contributed by atoms with van der Waals surface area (Å²) in [6.07, 6.45) is 1.13. The van der Waals surface area contributed by atoms with E-state index in [1.807, 2.05) is 14.0 Å². The van der Waals surface area contributed by atoms with E-state index in [4.69, 9.17) is 4.74 Å². The fourth-order valence-corrected chi connectivity index (χ4v) is 2.67. The molecule has 2 aromatic rings. The Hall–Kier alpha value is -1.80. The van der Waals surface area contributed by atoms with Crippen LogP contribution in [0.5, 0.6) is 5.75 Å². The minimum atomic E-state index is 0.688. The van der Waals surface area contributed by atoms with Crippen LogP contribution in [0.1, 0.15) is 31.9 Å². The third-order valence-electron chi connectivity index (χ3n) is 3.67. The molecule has 0 spiro atoms. The molecule has 0 aliphatic carbocycles. The zero-order valence-electron chi connectivity index (χ0n) is 14.1. The minimum absolute atomic E-state index is 0.688. The summed E-state index contributed by atoms with van der Waals surface area (Å²) in [4.78, 5) is 0. The normalized spacial score (nSPS) is 11.0. The number of hydrogen-bond donors (Lipinski definition) is 1. The topological polar surface area (TPSA) is 21.3 Å². The molecule has 0 bridgehead atoms. The van der Waals surface area contributed by atoms with Gasteiger partial charge in [-0.15, -0.1) is 0 Å². The zero-order valence-corrected chi connectivity index (χ0v) is 14.1. The molecule has 0 unspecified atom stereocenters. The van der Waals surface area contributed by atoms with E-state index < -0.39 is 0 Å². The van der Waals surface area contributed by atoms with Crippen LogP contribution in [0.15, 0.2) is 42.5 Å². The maximum Gasteiger partial charge on any atom is 0.124 e. The van der Waals surface area contributed by atoms with Gasteiger partial charge >= 0.3 is 0 Å². The van der Waals surface area contributed by atoms with Gasteiger partial charge in [-0.2, -0.15) is 0 Å². The largest absolute Gasteiger partial charge is 0.494 e. The molecule has 0 fully saturated rings. The Labute approximate surface area is 134 Å². The van der Waals surface area contributed by atoms with Gasteiger partial charge in [0.25, 0.3) is 0 Å². The van der Waals surface area contributed by atoms with E-state index in [-0.39, 0.29) is 0 Å². The SMILES string of the molecule is CCOc1cc(-c2ccc(CC(C)C)cc2)ccc1CNC. The van der Waals surface area contributed by atoms with Crippen LogP contribution in [0, 0.1) is 5.92 Å². The summed E-state index contributed by atoms with van der Waals surface area (Å²) in [5.41, 5.74) is 5.05. The highest BCUT2D eigenvalue weighted by molar-refractivity contribution is 5.66.